The van der Waals surface area contributed by atoms with Gasteiger partial charge in [-0.15, -0.1) is 0 Å². The lowest BCUT2D eigenvalue weighted by Crippen LogP contribution is -2.47. The molecular formula is C17H35N3O. The van der Waals surface area contributed by atoms with Crippen LogP contribution in [0.5, 0.6) is 0 Å². The van der Waals surface area contributed by atoms with Gasteiger partial charge in [-0.3, -0.25) is 0 Å². The smallest absolute Gasteiger partial charge is 0.0472 e. The first-order valence-corrected chi connectivity index (χ1v) is 8.79. The molecule has 0 amide bonds. The molecule has 2 heterocycles. The highest BCUT2D eigenvalue weighted by Gasteiger charge is 2.34. The summed E-state index contributed by atoms with van der Waals surface area (Å²) in [5.41, 5.74) is 0.423. The Hall–Kier alpha value is -0.160. The van der Waals surface area contributed by atoms with Gasteiger partial charge >= 0.3 is 0 Å². The van der Waals surface area contributed by atoms with Gasteiger partial charge in [-0.1, -0.05) is 6.92 Å². The summed E-state index contributed by atoms with van der Waals surface area (Å²) in [5.74, 6) is 0.862. The minimum atomic E-state index is 0.423. The number of hydrogen-bond acceptors (Lipinski definition) is 4. The number of rotatable bonds is 8. The monoisotopic (exact) mass is 297 g/mol. The molecule has 1 atom stereocenters. The van der Waals surface area contributed by atoms with Crippen molar-refractivity contribution in [1.82, 2.24) is 15.1 Å². The van der Waals surface area contributed by atoms with E-state index in [1.54, 1.807) is 0 Å². The van der Waals surface area contributed by atoms with Crippen molar-refractivity contribution in [2.75, 3.05) is 66.6 Å². The molecular weight excluding hydrogens is 262 g/mol. The Morgan fingerprint density at radius 1 is 1.33 bits per heavy atom. The van der Waals surface area contributed by atoms with E-state index in [-0.39, 0.29) is 0 Å². The van der Waals surface area contributed by atoms with Crippen LogP contribution in [0.15, 0.2) is 0 Å². The van der Waals surface area contributed by atoms with Crippen molar-refractivity contribution >= 4 is 0 Å². The van der Waals surface area contributed by atoms with Gasteiger partial charge in [0.25, 0.3) is 0 Å². The first kappa shape index (κ1) is 17.2. The topological polar surface area (TPSA) is 27.7 Å². The molecule has 4 heteroatoms. The third kappa shape index (κ3) is 5.51. The fraction of sp³-hybridized carbons (Fsp3) is 1.00. The number of hydrogen-bond donors (Lipinski definition) is 1. The van der Waals surface area contributed by atoms with Crippen molar-refractivity contribution in [3.8, 4) is 0 Å². The summed E-state index contributed by atoms with van der Waals surface area (Å²) >= 11 is 0. The Morgan fingerprint density at radius 3 is 2.71 bits per heavy atom. The van der Waals surface area contributed by atoms with Crippen molar-refractivity contribution in [2.45, 2.75) is 32.6 Å². The summed E-state index contributed by atoms with van der Waals surface area (Å²) in [6, 6.07) is 0. The second-order valence-electron chi connectivity index (χ2n) is 7.40. The quantitative estimate of drug-likeness (QED) is 0.690. The molecule has 0 spiro atoms. The van der Waals surface area contributed by atoms with Crippen molar-refractivity contribution in [3.05, 3.63) is 0 Å². The molecule has 124 valence electrons. The van der Waals surface area contributed by atoms with Crippen LogP contribution < -0.4 is 5.32 Å². The van der Waals surface area contributed by atoms with Gasteiger partial charge in [0.05, 0.1) is 0 Å². The normalized spacial score (nSPS) is 26.6. The Kier molecular flexibility index (Phi) is 6.93. The number of likely N-dealkylation sites (tertiary alicyclic amines) is 1. The zero-order valence-electron chi connectivity index (χ0n) is 14.4. The van der Waals surface area contributed by atoms with E-state index in [1.165, 1.54) is 51.9 Å². The van der Waals surface area contributed by atoms with E-state index in [1.807, 2.05) is 0 Å². The third-order valence-corrected chi connectivity index (χ3v) is 5.14. The van der Waals surface area contributed by atoms with Crippen molar-refractivity contribution in [3.63, 3.8) is 0 Å². The van der Waals surface area contributed by atoms with E-state index in [0.29, 0.717) is 5.41 Å². The summed E-state index contributed by atoms with van der Waals surface area (Å²) < 4.78 is 5.61. The zero-order valence-corrected chi connectivity index (χ0v) is 14.4. The standard InChI is InChI=1S/C17H35N3O/c1-4-8-18-14-17(6-10-21-11-7-17)15-20(3)13-16-5-9-19(2)12-16/h16,18H,4-15H2,1-3H3. The van der Waals surface area contributed by atoms with Crippen LogP contribution in [0.2, 0.25) is 0 Å². The molecule has 2 rings (SSSR count). The van der Waals surface area contributed by atoms with Gasteiger partial charge < -0.3 is 19.9 Å². The van der Waals surface area contributed by atoms with Crippen molar-refractivity contribution in [2.24, 2.45) is 11.3 Å². The maximum absolute atomic E-state index is 5.61. The summed E-state index contributed by atoms with van der Waals surface area (Å²) in [4.78, 5) is 5.05. The summed E-state index contributed by atoms with van der Waals surface area (Å²) in [6.45, 7) is 11.4. The van der Waals surface area contributed by atoms with Crippen LogP contribution >= 0.6 is 0 Å². The number of ether oxygens (including phenoxy) is 1. The fourth-order valence-corrected chi connectivity index (χ4v) is 3.98. The van der Waals surface area contributed by atoms with Crippen LogP contribution in [0.25, 0.3) is 0 Å². The van der Waals surface area contributed by atoms with Gasteiger partial charge in [-0.05, 0) is 64.2 Å². The highest BCUT2D eigenvalue weighted by atomic mass is 16.5. The molecule has 2 fully saturated rings. The minimum Gasteiger partial charge on any atom is -0.381 e. The number of nitrogens with one attached hydrogen (secondary N) is 1. The zero-order chi connectivity index (χ0) is 15.1. The van der Waals surface area contributed by atoms with Crippen LogP contribution in [-0.2, 0) is 4.74 Å². The molecule has 2 saturated heterocycles. The Bertz CT molecular complexity index is 292. The first-order valence-electron chi connectivity index (χ1n) is 8.79. The minimum absolute atomic E-state index is 0.423. The lowest BCUT2D eigenvalue weighted by Gasteiger charge is -2.41. The first-order chi connectivity index (χ1) is 10.1. The molecule has 1 N–H and O–H groups in total. The molecule has 0 saturated carbocycles. The van der Waals surface area contributed by atoms with Crippen LogP contribution in [0.1, 0.15) is 32.6 Å². The molecule has 0 aliphatic carbocycles. The van der Waals surface area contributed by atoms with Crippen molar-refractivity contribution in [1.29, 1.82) is 0 Å². The molecule has 4 nitrogen and oxygen atoms in total. The molecule has 0 radical (unpaired) electrons. The van der Waals surface area contributed by atoms with E-state index < -0.39 is 0 Å². The predicted octanol–water partition coefficient (Wildman–Crippen LogP) is 1.67. The van der Waals surface area contributed by atoms with E-state index in [9.17, 15) is 0 Å². The molecule has 2 aliphatic rings. The molecule has 0 aromatic rings. The molecule has 0 aromatic carbocycles. The van der Waals surface area contributed by atoms with E-state index in [4.69, 9.17) is 4.74 Å². The van der Waals surface area contributed by atoms with Crippen LogP contribution in [0.3, 0.4) is 0 Å². The van der Waals surface area contributed by atoms with E-state index in [0.717, 1.165) is 32.2 Å². The van der Waals surface area contributed by atoms with Crippen LogP contribution in [0, 0.1) is 11.3 Å². The second kappa shape index (κ2) is 8.47. The largest absolute Gasteiger partial charge is 0.381 e. The molecule has 0 bridgehead atoms. The van der Waals surface area contributed by atoms with Crippen LogP contribution in [0.4, 0.5) is 0 Å². The predicted molar refractivity (Wildman–Crippen MR) is 88.7 cm³/mol. The van der Waals surface area contributed by atoms with Gasteiger partial charge in [-0.2, -0.15) is 0 Å². The van der Waals surface area contributed by atoms with Crippen molar-refractivity contribution < 1.29 is 4.74 Å². The molecule has 2 aliphatic heterocycles. The maximum atomic E-state index is 5.61. The summed E-state index contributed by atoms with van der Waals surface area (Å²) in [6.07, 6.45) is 5.00. The van der Waals surface area contributed by atoms with E-state index in [2.05, 4.69) is 36.1 Å². The lowest BCUT2D eigenvalue weighted by atomic mass is 9.79. The van der Waals surface area contributed by atoms with Gasteiger partial charge in [0.1, 0.15) is 0 Å². The second-order valence-corrected chi connectivity index (χ2v) is 7.40. The molecule has 0 aromatic heterocycles. The SMILES string of the molecule is CCCNCC1(CN(C)CC2CCN(C)C2)CCOCC1. The molecule has 1 unspecified atom stereocenters. The Balaban J connectivity index is 1.81. The Morgan fingerprint density at radius 2 is 2.10 bits per heavy atom. The van der Waals surface area contributed by atoms with E-state index >= 15 is 0 Å². The lowest BCUT2D eigenvalue weighted by molar-refractivity contribution is -0.00214. The third-order valence-electron chi connectivity index (χ3n) is 5.14. The van der Waals surface area contributed by atoms with Gasteiger partial charge in [0.15, 0.2) is 0 Å². The highest BCUT2D eigenvalue weighted by molar-refractivity contribution is 4.87. The highest BCUT2D eigenvalue weighted by Crippen LogP contribution is 2.31. The van der Waals surface area contributed by atoms with Crippen LogP contribution in [-0.4, -0.2) is 76.4 Å². The fourth-order valence-electron chi connectivity index (χ4n) is 3.98. The average Bonchev–Trinajstić information content (AvgIpc) is 2.85. The van der Waals surface area contributed by atoms with Gasteiger partial charge in [0, 0.05) is 39.4 Å². The maximum Gasteiger partial charge on any atom is 0.0472 e. The van der Waals surface area contributed by atoms with Gasteiger partial charge in [-0.25, -0.2) is 0 Å². The average molecular weight is 297 g/mol. The Labute approximate surface area is 131 Å². The summed E-state index contributed by atoms with van der Waals surface area (Å²) in [5, 5.41) is 3.66. The van der Waals surface area contributed by atoms with Gasteiger partial charge in [0.2, 0.25) is 0 Å². The molecule has 21 heavy (non-hydrogen) atoms. The number of nitrogens with zero attached hydrogens (tertiary/aromatic N) is 2. The summed E-state index contributed by atoms with van der Waals surface area (Å²) in [7, 11) is 4.56.